The Morgan fingerprint density at radius 2 is 2.06 bits per heavy atom. The maximum atomic E-state index is 12.6. The summed E-state index contributed by atoms with van der Waals surface area (Å²) in [5.74, 6) is -0.517. The number of alkyl halides is 2. The number of halogens is 2. The fraction of sp³-hybridized carbons (Fsp3) is 0.286. The topological polar surface area (TPSA) is 98.7 Å². The number of fused-ring (bicyclic) bond motifs is 1. The van der Waals surface area contributed by atoms with Gasteiger partial charge in [-0.3, -0.25) is 14.3 Å². The summed E-state index contributed by atoms with van der Waals surface area (Å²) in [4.78, 5) is 28.0. The lowest BCUT2D eigenvalue weighted by atomic mass is 10.5. The lowest BCUT2D eigenvalue weighted by molar-refractivity contribution is 0.0768. The lowest BCUT2D eigenvalue weighted by Gasteiger charge is -2.02. The summed E-state index contributed by atoms with van der Waals surface area (Å²) in [7, 11) is 1.29. The molecule has 0 aliphatic carbocycles. The minimum Gasteiger partial charge on any atom is -0.369 e. The summed E-state index contributed by atoms with van der Waals surface area (Å²) in [6.07, 6.45) is 0. The highest BCUT2D eigenvalue weighted by Crippen LogP contribution is 2.20. The van der Waals surface area contributed by atoms with Crippen molar-refractivity contribution in [3.05, 3.63) is 20.8 Å². The van der Waals surface area contributed by atoms with Crippen molar-refractivity contribution < 1.29 is 8.78 Å². The van der Waals surface area contributed by atoms with Gasteiger partial charge in [-0.1, -0.05) is 0 Å². The Hall–Kier alpha value is -2.19. The van der Waals surface area contributed by atoms with Crippen LogP contribution >= 0.6 is 0 Å². The molecule has 0 saturated heterocycles. The van der Waals surface area contributed by atoms with Crippen LogP contribution in [-0.4, -0.2) is 19.1 Å². The number of anilines is 1. The molecule has 0 unspecified atom stereocenters. The van der Waals surface area contributed by atoms with Gasteiger partial charge in [-0.05, 0) is 0 Å². The number of nitrogen functional groups attached to an aromatic ring is 1. The third-order valence-electron chi connectivity index (χ3n) is 2.17. The number of imidazole rings is 1. The number of nitrogens with two attached hydrogens (primary N) is 1. The average Bonchev–Trinajstić information content (AvgIpc) is 2.52. The van der Waals surface area contributed by atoms with E-state index < -0.39 is 29.3 Å². The zero-order valence-electron chi connectivity index (χ0n) is 8.07. The van der Waals surface area contributed by atoms with Gasteiger partial charge in [0, 0.05) is 7.05 Å². The molecule has 2 aromatic rings. The summed E-state index contributed by atoms with van der Waals surface area (Å²) < 4.78 is 26.4. The molecule has 0 aliphatic heterocycles. The van der Waals surface area contributed by atoms with E-state index in [2.05, 4.69) is 4.98 Å². The first-order chi connectivity index (χ1) is 7.43. The van der Waals surface area contributed by atoms with Crippen molar-refractivity contribution in [3.8, 4) is 0 Å². The van der Waals surface area contributed by atoms with E-state index in [0.29, 0.717) is 0 Å². The summed E-state index contributed by atoms with van der Waals surface area (Å²) in [6, 6.07) is 0. The van der Waals surface area contributed by atoms with Crippen molar-refractivity contribution in [2.45, 2.75) is 6.55 Å². The minimum absolute atomic E-state index is 0.174. The Morgan fingerprint density at radius 3 is 2.62 bits per heavy atom. The highest BCUT2D eigenvalue weighted by atomic mass is 19.3. The number of aromatic nitrogens is 4. The van der Waals surface area contributed by atoms with Crippen LogP contribution in [0.4, 0.5) is 14.7 Å². The number of nitrogens with one attached hydrogen (secondary N) is 1. The molecule has 0 radical (unpaired) electrons. The van der Waals surface area contributed by atoms with Crippen LogP contribution in [0, 0.1) is 0 Å². The Balaban J connectivity index is 3.07. The Bertz CT molecular complexity index is 668. The van der Waals surface area contributed by atoms with Gasteiger partial charge in [-0.25, -0.2) is 9.36 Å². The third kappa shape index (κ3) is 1.21. The normalized spacial score (nSPS) is 11.5. The molecule has 3 N–H and O–H groups in total. The van der Waals surface area contributed by atoms with Gasteiger partial charge in [0.15, 0.2) is 11.2 Å². The van der Waals surface area contributed by atoms with E-state index in [0.717, 1.165) is 4.57 Å². The summed E-state index contributed by atoms with van der Waals surface area (Å²) in [6.45, 7) is -3.00. The highest BCUT2D eigenvalue weighted by Gasteiger charge is 2.20. The second-order valence-corrected chi connectivity index (χ2v) is 3.11. The van der Waals surface area contributed by atoms with Crippen LogP contribution in [0.2, 0.25) is 0 Å². The molecule has 9 heteroatoms. The minimum atomic E-state index is -3.00. The fourth-order valence-electron chi connectivity index (χ4n) is 1.42. The van der Waals surface area contributed by atoms with Crippen LogP contribution < -0.4 is 17.0 Å². The van der Waals surface area contributed by atoms with E-state index in [4.69, 9.17) is 5.73 Å². The van der Waals surface area contributed by atoms with Gasteiger partial charge in [0.1, 0.15) is 0 Å². The van der Waals surface area contributed by atoms with E-state index in [1.54, 1.807) is 0 Å². The van der Waals surface area contributed by atoms with Gasteiger partial charge in [0.05, 0.1) is 0 Å². The van der Waals surface area contributed by atoms with Crippen LogP contribution in [0.3, 0.4) is 0 Å². The van der Waals surface area contributed by atoms with Crippen molar-refractivity contribution in [1.29, 1.82) is 0 Å². The first kappa shape index (κ1) is 10.3. The number of rotatable bonds is 1. The molecule has 16 heavy (non-hydrogen) atoms. The van der Waals surface area contributed by atoms with Crippen LogP contribution in [-0.2, 0) is 7.05 Å². The van der Waals surface area contributed by atoms with E-state index in [-0.39, 0.29) is 10.2 Å². The molecule has 86 valence electrons. The Morgan fingerprint density at radius 1 is 1.44 bits per heavy atom. The van der Waals surface area contributed by atoms with Crippen LogP contribution in [0.25, 0.3) is 11.2 Å². The molecule has 7 nitrogen and oxygen atoms in total. The maximum Gasteiger partial charge on any atom is 0.329 e. The smallest absolute Gasteiger partial charge is 0.329 e. The number of hydrogen-bond acceptors (Lipinski definition) is 4. The predicted molar refractivity (Wildman–Crippen MR) is 51.3 cm³/mol. The second-order valence-electron chi connectivity index (χ2n) is 3.11. The first-order valence-electron chi connectivity index (χ1n) is 4.18. The lowest BCUT2D eigenvalue weighted by Crippen LogP contribution is -2.29. The summed E-state index contributed by atoms with van der Waals surface area (Å²) in [5, 5.41) is 0. The predicted octanol–water partition coefficient (Wildman–Crippen LogP) is -0.599. The molecule has 2 rings (SSSR count). The van der Waals surface area contributed by atoms with E-state index >= 15 is 0 Å². The molecule has 0 spiro atoms. The van der Waals surface area contributed by atoms with E-state index in [1.807, 2.05) is 4.98 Å². The molecular formula is C7H7F2N5O2. The highest BCUT2D eigenvalue weighted by molar-refractivity contribution is 5.73. The quantitative estimate of drug-likeness (QED) is 0.684. The van der Waals surface area contributed by atoms with Crippen molar-refractivity contribution in [1.82, 2.24) is 19.1 Å². The molecule has 0 bridgehead atoms. The summed E-state index contributed by atoms with van der Waals surface area (Å²) >= 11 is 0. The molecule has 2 heterocycles. The molecular weight excluding hydrogens is 224 g/mol. The fourth-order valence-corrected chi connectivity index (χ4v) is 1.42. The maximum absolute atomic E-state index is 12.6. The van der Waals surface area contributed by atoms with Gasteiger partial charge >= 0.3 is 12.2 Å². The standard InChI is InChI=1S/C7H7F2N5O2/c1-13-3-2(4(15)12-7(13)16)14(5(8)9)6(10)11-3/h5H,1H3,(H2,10,11)(H,12,15,16). The van der Waals surface area contributed by atoms with Crippen molar-refractivity contribution in [3.63, 3.8) is 0 Å². The molecule has 0 aromatic carbocycles. The molecule has 0 saturated carbocycles. The van der Waals surface area contributed by atoms with Gasteiger partial charge in [0.25, 0.3) is 5.56 Å². The number of aromatic amines is 1. The zero-order chi connectivity index (χ0) is 12.0. The van der Waals surface area contributed by atoms with E-state index in [9.17, 15) is 18.4 Å². The molecule has 2 aromatic heterocycles. The number of H-pyrrole nitrogens is 1. The SMILES string of the molecule is Cn1c(=O)[nH]c(=O)c2c1nc(N)n2C(F)F. The van der Waals surface area contributed by atoms with Gasteiger partial charge in [-0.2, -0.15) is 13.8 Å². The monoisotopic (exact) mass is 231 g/mol. The van der Waals surface area contributed by atoms with Crippen molar-refractivity contribution in [2.75, 3.05) is 5.73 Å². The number of hydrogen-bond donors (Lipinski definition) is 2. The van der Waals surface area contributed by atoms with Gasteiger partial charge in [0.2, 0.25) is 5.95 Å². The Kier molecular flexibility index (Phi) is 2.04. The third-order valence-corrected chi connectivity index (χ3v) is 2.17. The Labute approximate surface area is 86.1 Å². The number of aryl methyl sites for hydroxylation is 1. The first-order valence-corrected chi connectivity index (χ1v) is 4.18. The van der Waals surface area contributed by atoms with Crippen LogP contribution in [0.5, 0.6) is 0 Å². The second kappa shape index (κ2) is 3.15. The molecule has 0 aliphatic rings. The van der Waals surface area contributed by atoms with Crippen molar-refractivity contribution in [2.24, 2.45) is 7.05 Å². The van der Waals surface area contributed by atoms with Gasteiger partial charge in [-0.15, -0.1) is 0 Å². The largest absolute Gasteiger partial charge is 0.369 e. The van der Waals surface area contributed by atoms with Crippen LogP contribution in [0.1, 0.15) is 6.55 Å². The van der Waals surface area contributed by atoms with Gasteiger partial charge < -0.3 is 5.73 Å². The van der Waals surface area contributed by atoms with E-state index in [1.165, 1.54) is 7.05 Å². The number of nitrogens with zero attached hydrogens (tertiary/aromatic N) is 3. The average molecular weight is 231 g/mol. The van der Waals surface area contributed by atoms with Crippen LogP contribution in [0.15, 0.2) is 9.59 Å². The molecule has 0 amide bonds. The van der Waals surface area contributed by atoms with Crippen molar-refractivity contribution >= 4 is 17.1 Å². The zero-order valence-corrected chi connectivity index (χ0v) is 8.07. The molecule has 0 atom stereocenters. The summed E-state index contributed by atoms with van der Waals surface area (Å²) in [5.41, 5.74) is 2.97. The molecule has 0 fully saturated rings.